The maximum absolute atomic E-state index is 6.18. The lowest BCUT2D eigenvalue weighted by molar-refractivity contribution is 0.258. The predicted molar refractivity (Wildman–Crippen MR) is 79.5 cm³/mol. The fraction of sp³-hybridized carbons (Fsp3) is 0.188. The smallest absolute Gasteiger partial charge is 0.122 e. The highest BCUT2D eigenvalue weighted by atomic mass is 35.5. The molecule has 1 aromatic heterocycles. The number of halogens is 1. The van der Waals surface area contributed by atoms with E-state index < -0.39 is 0 Å². The number of rotatable bonds is 1. The number of benzene rings is 2. The summed E-state index contributed by atoms with van der Waals surface area (Å²) >= 11 is 6.18. The van der Waals surface area contributed by atoms with Gasteiger partial charge in [-0.1, -0.05) is 35.9 Å². The molecule has 3 aromatic rings. The minimum atomic E-state index is 0.244. The standard InChI is InChI=1S/C16H13ClN2O/c17-12-5-3-6-13-15(12)19-16(18-13)11-8-10-4-1-2-7-14(10)20-9-11/h1-7,11H,8-9H2,(H,18,19). The molecular formula is C16H13ClN2O. The summed E-state index contributed by atoms with van der Waals surface area (Å²) < 4.78 is 5.82. The van der Waals surface area contributed by atoms with Gasteiger partial charge in [-0.3, -0.25) is 0 Å². The third kappa shape index (κ3) is 1.86. The van der Waals surface area contributed by atoms with Crippen molar-refractivity contribution in [2.75, 3.05) is 6.61 Å². The largest absolute Gasteiger partial charge is 0.493 e. The molecule has 0 saturated heterocycles. The molecule has 1 N–H and O–H groups in total. The quantitative estimate of drug-likeness (QED) is 0.735. The molecule has 100 valence electrons. The number of hydrogen-bond acceptors (Lipinski definition) is 2. The highest BCUT2D eigenvalue weighted by Gasteiger charge is 2.23. The number of fused-ring (bicyclic) bond motifs is 2. The first-order chi connectivity index (χ1) is 9.81. The van der Waals surface area contributed by atoms with Crippen LogP contribution in [0.3, 0.4) is 0 Å². The van der Waals surface area contributed by atoms with Gasteiger partial charge in [0.25, 0.3) is 0 Å². The zero-order valence-electron chi connectivity index (χ0n) is 10.8. The minimum Gasteiger partial charge on any atom is -0.493 e. The first-order valence-corrected chi connectivity index (χ1v) is 7.04. The van der Waals surface area contributed by atoms with Gasteiger partial charge in [-0.15, -0.1) is 0 Å². The highest BCUT2D eigenvalue weighted by molar-refractivity contribution is 6.34. The van der Waals surface area contributed by atoms with Crippen LogP contribution in [0.25, 0.3) is 11.0 Å². The molecule has 1 atom stereocenters. The molecule has 1 unspecified atom stereocenters. The molecule has 3 nitrogen and oxygen atoms in total. The Balaban J connectivity index is 1.72. The second-order valence-electron chi connectivity index (χ2n) is 5.08. The van der Waals surface area contributed by atoms with E-state index in [0.29, 0.717) is 11.6 Å². The summed E-state index contributed by atoms with van der Waals surface area (Å²) in [5, 5.41) is 0.683. The molecule has 1 aliphatic heterocycles. The number of nitrogens with one attached hydrogen (secondary N) is 1. The number of aromatic amines is 1. The lowest BCUT2D eigenvalue weighted by Crippen LogP contribution is -2.20. The van der Waals surface area contributed by atoms with Crippen LogP contribution in [0, 0.1) is 0 Å². The van der Waals surface area contributed by atoms with Crippen LogP contribution < -0.4 is 4.74 Å². The Bertz CT molecular complexity index is 781. The van der Waals surface area contributed by atoms with Gasteiger partial charge in [-0.25, -0.2) is 4.98 Å². The maximum Gasteiger partial charge on any atom is 0.122 e. The number of ether oxygens (including phenoxy) is 1. The highest BCUT2D eigenvalue weighted by Crippen LogP contribution is 2.32. The van der Waals surface area contributed by atoms with Crippen LogP contribution in [-0.2, 0) is 6.42 Å². The van der Waals surface area contributed by atoms with Gasteiger partial charge >= 0.3 is 0 Å². The van der Waals surface area contributed by atoms with Crippen LogP contribution >= 0.6 is 11.6 Å². The van der Waals surface area contributed by atoms with Crippen molar-refractivity contribution in [1.29, 1.82) is 0 Å². The van der Waals surface area contributed by atoms with Gasteiger partial charge in [0.2, 0.25) is 0 Å². The van der Waals surface area contributed by atoms with Gasteiger partial charge in [-0.2, -0.15) is 0 Å². The van der Waals surface area contributed by atoms with E-state index in [-0.39, 0.29) is 5.92 Å². The molecule has 0 aliphatic carbocycles. The molecule has 2 aromatic carbocycles. The van der Waals surface area contributed by atoms with Crippen LogP contribution in [0.5, 0.6) is 5.75 Å². The number of H-pyrrole nitrogens is 1. The Morgan fingerprint density at radius 2 is 2.05 bits per heavy atom. The summed E-state index contributed by atoms with van der Waals surface area (Å²) in [6.07, 6.45) is 0.938. The van der Waals surface area contributed by atoms with E-state index in [2.05, 4.69) is 16.0 Å². The normalized spacial score (nSPS) is 17.8. The van der Waals surface area contributed by atoms with E-state index in [0.717, 1.165) is 29.0 Å². The Kier molecular flexibility index (Phi) is 2.67. The second-order valence-corrected chi connectivity index (χ2v) is 5.49. The van der Waals surface area contributed by atoms with E-state index >= 15 is 0 Å². The van der Waals surface area contributed by atoms with E-state index in [9.17, 15) is 0 Å². The lowest BCUT2D eigenvalue weighted by Gasteiger charge is -2.23. The van der Waals surface area contributed by atoms with Crippen molar-refractivity contribution in [1.82, 2.24) is 9.97 Å². The average Bonchev–Trinajstić information content (AvgIpc) is 2.92. The number of imidazole rings is 1. The lowest BCUT2D eigenvalue weighted by atomic mass is 9.96. The van der Waals surface area contributed by atoms with Gasteiger partial charge < -0.3 is 9.72 Å². The van der Waals surface area contributed by atoms with Gasteiger partial charge in [0.05, 0.1) is 23.1 Å². The molecule has 1 aliphatic rings. The van der Waals surface area contributed by atoms with Crippen LogP contribution in [0.2, 0.25) is 5.02 Å². The summed E-state index contributed by atoms with van der Waals surface area (Å²) in [4.78, 5) is 8.00. The zero-order valence-corrected chi connectivity index (χ0v) is 11.5. The summed E-state index contributed by atoms with van der Waals surface area (Å²) in [5.74, 6) is 2.17. The molecule has 0 saturated carbocycles. The number of nitrogens with zero attached hydrogens (tertiary/aromatic N) is 1. The van der Waals surface area contributed by atoms with Crippen LogP contribution in [0.15, 0.2) is 42.5 Å². The topological polar surface area (TPSA) is 37.9 Å². The van der Waals surface area contributed by atoms with Crippen molar-refractivity contribution in [3.05, 3.63) is 58.9 Å². The summed E-state index contributed by atoms with van der Waals surface area (Å²) in [6, 6.07) is 14.0. The predicted octanol–water partition coefficient (Wildman–Crippen LogP) is 3.94. The van der Waals surface area contributed by atoms with Gasteiger partial charge in [0.15, 0.2) is 0 Å². The summed E-state index contributed by atoms with van der Waals surface area (Å²) in [7, 11) is 0. The Labute approximate surface area is 121 Å². The Morgan fingerprint density at radius 1 is 1.15 bits per heavy atom. The summed E-state index contributed by atoms with van der Waals surface area (Å²) in [6.45, 7) is 0.647. The number of para-hydroxylation sites is 2. The second kappa shape index (κ2) is 4.53. The Hall–Kier alpha value is -2.00. The van der Waals surface area contributed by atoms with E-state index in [4.69, 9.17) is 16.3 Å². The van der Waals surface area contributed by atoms with E-state index in [1.807, 2.05) is 36.4 Å². The monoisotopic (exact) mass is 284 g/mol. The first-order valence-electron chi connectivity index (χ1n) is 6.66. The van der Waals surface area contributed by atoms with Gasteiger partial charge in [0.1, 0.15) is 17.1 Å². The van der Waals surface area contributed by atoms with Crippen LogP contribution in [0.1, 0.15) is 17.3 Å². The zero-order chi connectivity index (χ0) is 13.5. The van der Waals surface area contributed by atoms with Crippen molar-refractivity contribution in [3.63, 3.8) is 0 Å². The molecule has 20 heavy (non-hydrogen) atoms. The fourth-order valence-corrected chi connectivity index (χ4v) is 2.93. The maximum atomic E-state index is 6.18. The number of hydrogen-bond donors (Lipinski definition) is 1. The van der Waals surface area contributed by atoms with Gasteiger partial charge in [0, 0.05) is 0 Å². The van der Waals surface area contributed by atoms with E-state index in [1.54, 1.807) is 0 Å². The molecule has 2 heterocycles. The molecular weight excluding hydrogens is 272 g/mol. The molecule has 0 spiro atoms. The van der Waals surface area contributed by atoms with Crippen molar-refractivity contribution >= 4 is 22.6 Å². The van der Waals surface area contributed by atoms with E-state index in [1.165, 1.54) is 5.56 Å². The van der Waals surface area contributed by atoms with Gasteiger partial charge in [-0.05, 0) is 30.2 Å². The summed E-state index contributed by atoms with van der Waals surface area (Å²) in [5.41, 5.74) is 3.05. The molecule has 0 fully saturated rings. The van der Waals surface area contributed by atoms with Crippen molar-refractivity contribution in [3.8, 4) is 5.75 Å². The molecule has 4 heteroatoms. The van der Waals surface area contributed by atoms with Crippen LogP contribution in [0.4, 0.5) is 0 Å². The average molecular weight is 285 g/mol. The third-order valence-corrected chi connectivity index (χ3v) is 4.05. The fourth-order valence-electron chi connectivity index (χ4n) is 2.71. The molecule has 0 amide bonds. The third-order valence-electron chi connectivity index (χ3n) is 3.75. The van der Waals surface area contributed by atoms with Crippen molar-refractivity contribution < 1.29 is 4.74 Å². The van der Waals surface area contributed by atoms with Crippen molar-refractivity contribution in [2.24, 2.45) is 0 Å². The SMILES string of the molecule is Clc1cccc2[nH]c(C3COc4ccccc4C3)nc12. The molecule has 4 rings (SSSR count). The van der Waals surface area contributed by atoms with Crippen LogP contribution in [-0.4, -0.2) is 16.6 Å². The minimum absolute atomic E-state index is 0.244. The Morgan fingerprint density at radius 3 is 2.95 bits per heavy atom. The molecule has 0 bridgehead atoms. The number of aromatic nitrogens is 2. The molecule has 0 radical (unpaired) electrons. The first kappa shape index (κ1) is 11.8. The van der Waals surface area contributed by atoms with Crippen molar-refractivity contribution in [2.45, 2.75) is 12.3 Å².